The first-order chi connectivity index (χ1) is 14.7. The van der Waals surface area contributed by atoms with Crippen molar-refractivity contribution in [2.24, 2.45) is 0 Å². The van der Waals surface area contributed by atoms with Gasteiger partial charge in [-0.25, -0.2) is 0 Å². The predicted octanol–water partition coefficient (Wildman–Crippen LogP) is 4.44. The molecule has 30 heavy (non-hydrogen) atoms. The van der Waals surface area contributed by atoms with E-state index in [0.717, 1.165) is 35.7 Å². The number of β-amino-alcohol motifs (C(OH)–C–C–N with tert-alkyl or cyclic N) is 1. The Morgan fingerprint density at radius 3 is 1.70 bits per heavy atom. The number of benzene rings is 2. The van der Waals surface area contributed by atoms with E-state index in [0.29, 0.717) is 13.2 Å². The fourth-order valence-electron chi connectivity index (χ4n) is 4.00. The van der Waals surface area contributed by atoms with Gasteiger partial charge in [0.1, 0.15) is 17.6 Å². The number of hydrogen-bond donors (Lipinski definition) is 1. The zero-order chi connectivity index (χ0) is 21.2. The van der Waals surface area contributed by atoms with Crippen LogP contribution >= 0.6 is 0 Å². The Balaban J connectivity index is 1.66. The van der Waals surface area contributed by atoms with Crippen LogP contribution in [0.1, 0.15) is 49.3 Å². The van der Waals surface area contributed by atoms with Crippen LogP contribution < -0.4 is 9.47 Å². The van der Waals surface area contributed by atoms with Crippen LogP contribution in [0.15, 0.2) is 48.5 Å². The summed E-state index contributed by atoms with van der Waals surface area (Å²) >= 11 is 0. The van der Waals surface area contributed by atoms with Crippen molar-refractivity contribution < 1.29 is 19.3 Å². The lowest BCUT2D eigenvalue weighted by molar-refractivity contribution is -0.00919. The van der Waals surface area contributed by atoms with Crippen molar-refractivity contribution in [3.8, 4) is 11.5 Å². The summed E-state index contributed by atoms with van der Waals surface area (Å²) in [5, 5.41) is 10.7. The summed E-state index contributed by atoms with van der Waals surface area (Å²) in [7, 11) is 3.32. The minimum Gasteiger partial charge on any atom is -0.497 e. The van der Waals surface area contributed by atoms with Gasteiger partial charge in [0.2, 0.25) is 0 Å². The zero-order valence-corrected chi connectivity index (χ0v) is 18.3. The smallest absolute Gasteiger partial charge is 0.118 e. The molecule has 1 atom stereocenters. The lowest BCUT2D eigenvalue weighted by atomic mass is 10.0. The molecular weight excluding hydrogens is 378 g/mol. The van der Waals surface area contributed by atoms with Crippen molar-refractivity contribution in [3.63, 3.8) is 0 Å². The molecule has 5 heteroatoms. The number of nitrogens with zero attached hydrogens (tertiary/aromatic N) is 1. The highest BCUT2D eigenvalue weighted by Gasteiger charge is 2.19. The van der Waals surface area contributed by atoms with Crippen molar-refractivity contribution in [3.05, 3.63) is 59.7 Å². The van der Waals surface area contributed by atoms with Gasteiger partial charge in [-0.1, -0.05) is 43.5 Å². The molecule has 1 aliphatic heterocycles. The number of rotatable bonds is 9. The van der Waals surface area contributed by atoms with Crippen LogP contribution in [0.4, 0.5) is 0 Å². The first-order valence-electron chi connectivity index (χ1n) is 11.0. The third-order valence-electron chi connectivity index (χ3n) is 5.71. The van der Waals surface area contributed by atoms with E-state index in [9.17, 15) is 5.11 Å². The minimum atomic E-state index is -0.511. The third-order valence-corrected chi connectivity index (χ3v) is 5.71. The molecule has 0 spiro atoms. The average molecular weight is 414 g/mol. The summed E-state index contributed by atoms with van der Waals surface area (Å²) in [6.45, 7) is 3.09. The molecule has 3 rings (SSSR count). The van der Waals surface area contributed by atoms with Gasteiger partial charge < -0.3 is 24.2 Å². The van der Waals surface area contributed by atoms with Crippen LogP contribution in [0.5, 0.6) is 11.5 Å². The number of likely N-dealkylation sites (tertiary alicyclic amines) is 1. The maximum absolute atomic E-state index is 10.7. The van der Waals surface area contributed by atoms with Crippen LogP contribution in [0, 0.1) is 0 Å². The molecule has 1 aliphatic rings. The summed E-state index contributed by atoms with van der Waals surface area (Å²) < 4.78 is 16.8. The Hall–Kier alpha value is -2.08. The number of aliphatic hydroxyl groups excluding tert-OH is 1. The molecule has 1 heterocycles. The quantitative estimate of drug-likeness (QED) is 0.659. The summed E-state index contributed by atoms with van der Waals surface area (Å²) in [5.41, 5.74) is 2.05. The van der Waals surface area contributed by atoms with Crippen LogP contribution in [0.25, 0.3) is 0 Å². The van der Waals surface area contributed by atoms with Gasteiger partial charge in [0, 0.05) is 6.54 Å². The first-order valence-corrected chi connectivity index (χ1v) is 11.0. The highest BCUT2D eigenvalue weighted by molar-refractivity contribution is 5.36. The van der Waals surface area contributed by atoms with E-state index in [-0.39, 0.29) is 6.10 Å². The average Bonchev–Trinajstić information content (AvgIpc) is 2.76. The Labute approximate surface area is 180 Å². The normalized spacial score (nSPS) is 16.7. The maximum Gasteiger partial charge on any atom is 0.118 e. The molecule has 0 saturated carbocycles. The van der Waals surface area contributed by atoms with E-state index in [1.54, 1.807) is 14.2 Å². The van der Waals surface area contributed by atoms with Gasteiger partial charge in [-0.2, -0.15) is 0 Å². The van der Waals surface area contributed by atoms with Gasteiger partial charge in [-0.05, 0) is 61.3 Å². The summed E-state index contributed by atoms with van der Waals surface area (Å²) in [5.74, 6) is 1.62. The molecule has 2 aromatic carbocycles. The van der Waals surface area contributed by atoms with Crippen molar-refractivity contribution in [2.75, 3.05) is 40.5 Å². The van der Waals surface area contributed by atoms with Crippen molar-refractivity contribution in [1.29, 1.82) is 0 Å². The van der Waals surface area contributed by atoms with Crippen LogP contribution in [0.3, 0.4) is 0 Å². The van der Waals surface area contributed by atoms with Crippen LogP contribution in [-0.4, -0.2) is 56.6 Å². The van der Waals surface area contributed by atoms with Crippen LogP contribution in [-0.2, 0) is 4.74 Å². The number of hydrogen-bond acceptors (Lipinski definition) is 5. The molecule has 5 nitrogen and oxygen atoms in total. The molecule has 0 radical (unpaired) electrons. The maximum atomic E-state index is 10.7. The van der Waals surface area contributed by atoms with E-state index in [1.165, 1.54) is 32.1 Å². The molecule has 1 saturated heterocycles. The van der Waals surface area contributed by atoms with Gasteiger partial charge in [0.15, 0.2) is 0 Å². The van der Waals surface area contributed by atoms with Gasteiger partial charge in [0.25, 0.3) is 0 Å². The highest BCUT2D eigenvalue weighted by atomic mass is 16.5. The molecule has 0 aromatic heterocycles. The second-order valence-corrected chi connectivity index (χ2v) is 7.98. The van der Waals surface area contributed by atoms with Gasteiger partial charge in [0.05, 0.1) is 26.9 Å². The number of aliphatic hydroxyl groups is 1. The Morgan fingerprint density at radius 2 is 1.23 bits per heavy atom. The summed E-state index contributed by atoms with van der Waals surface area (Å²) in [6.07, 6.45) is 5.58. The van der Waals surface area contributed by atoms with Gasteiger partial charge >= 0.3 is 0 Å². The highest BCUT2D eigenvalue weighted by Crippen LogP contribution is 2.29. The molecule has 0 unspecified atom stereocenters. The van der Waals surface area contributed by atoms with Gasteiger partial charge in [-0.15, -0.1) is 0 Å². The van der Waals surface area contributed by atoms with E-state index in [2.05, 4.69) is 4.90 Å². The van der Waals surface area contributed by atoms with E-state index in [1.807, 2.05) is 48.5 Å². The molecule has 0 amide bonds. The summed E-state index contributed by atoms with van der Waals surface area (Å²) in [4.78, 5) is 2.38. The van der Waals surface area contributed by atoms with E-state index >= 15 is 0 Å². The lowest BCUT2D eigenvalue weighted by Crippen LogP contribution is -2.37. The zero-order valence-electron chi connectivity index (χ0n) is 18.3. The van der Waals surface area contributed by atoms with Crippen LogP contribution in [0.2, 0.25) is 0 Å². The third kappa shape index (κ3) is 6.73. The number of methoxy groups -OCH3 is 2. The van der Waals surface area contributed by atoms with Crippen molar-refractivity contribution >= 4 is 0 Å². The second-order valence-electron chi connectivity index (χ2n) is 7.98. The fourth-order valence-corrected chi connectivity index (χ4v) is 4.00. The Kier molecular flexibility index (Phi) is 9.00. The van der Waals surface area contributed by atoms with Gasteiger partial charge in [-0.3, -0.25) is 0 Å². The Bertz CT molecular complexity index is 676. The molecular formula is C25H35NO4. The topological polar surface area (TPSA) is 51.2 Å². The largest absolute Gasteiger partial charge is 0.497 e. The SMILES string of the molecule is COc1ccc(C(OC[C@H](O)CN2CCCCCCC2)c2ccc(OC)cc2)cc1. The van der Waals surface area contributed by atoms with E-state index < -0.39 is 6.10 Å². The minimum absolute atomic E-state index is 0.260. The number of ether oxygens (including phenoxy) is 3. The predicted molar refractivity (Wildman–Crippen MR) is 119 cm³/mol. The summed E-state index contributed by atoms with van der Waals surface area (Å²) in [6, 6.07) is 15.8. The molecule has 0 aliphatic carbocycles. The molecule has 2 aromatic rings. The van der Waals surface area contributed by atoms with Crippen molar-refractivity contribution in [1.82, 2.24) is 4.90 Å². The standard InChI is InChI=1S/C25H35NO4/c1-28-23-12-8-20(9-13-23)25(21-10-14-24(29-2)15-11-21)30-19-22(27)18-26-16-6-4-3-5-7-17-26/h8-15,22,25,27H,3-7,16-19H2,1-2H3/t22-/m1/s1. The molecule has 164 valence electrons. The van der Waals surface area contributed by atoms with E-state index in [4.69, 9.17) is 14.2 Å². The Morgan fingerprint density at radius 1 is 0.767 bits per heavy atom. The monoisotopic (exact) mass is 413 g/mol. The second kappa shape index (κ2) is 11.9. The molecule has 1 fully saturated rings. The molecule has 1 N–H and O–H groups in total. The lowest BCUT2D eigenvalue weighted by Gasteiger charge is -2.28. The molecule has 0 bridgehead atoms. The fraction of sp³-hybridized carbons (Fsp3) is 0.520. The first kappa shape index (κ1) is 22.6. The van der Waals surface area contributed by atoms with Crippen molar-refractivity contribution in [2.45, 2.75) is 44.3 Å².